The van der Waals surface area contributed by atoms with Crippen LogP contribution in [0.15, 0.2) is 18.2 Å². The van der Waals surface area contributed by atoms with E-state index in [2.05, 4.69) is 5.32 Å². The minimum Gasteiger partial charge on any atom is -0.481 e. The van der Waals surface area contributed by atoms with Crippen LogP contribution >= 0.6 is 0 Å². The Morgan fingerprint density at radius 3 is 3.07 bits per heavy atom. The molecule has 0 radical (unpaired) electrons. The maximum atomic E-state index is 11.2. The number of aryl methyl sites for hydroxylation is 1. The van der Waals surface area contributed by atoms with Crippen molar-refractivity contribution < 1.29 is 9.90 Å². The first-order chi connectivity index (χ1) is 7.18. The highest BCUT2D eigenvalue weighted by molar-refractivity contribution is 5.79. The van der Waals surface area contributed by atoms with Crippen LogP contribution in [0.2, 0.25) is 0 Å². The summed E-state index contributed by atoms with van der Waals surface area (Å²) in [7, 11) is 0. The van der Waals surface area contributed by atoms with Crippen molar-refractivity contribution in [1.29, 1.82) is 0 Å². The topological polar surface area (TPSA) is 49.3 Å². The van der Waals surface area contributed by atoms with E-state index in [4.69, 9.17) is 0 Å². The molecule has 0 aromatic heterocycles. The van der Waals surface area contributed by atoms with E-state index in [1.807, 2.05) is 25.1 Å². The van der Waals surface area contributed by atoms with Gasteiger partial charge < -0.3 is 10.4 Å². The number of fused-ring (bicyclic) bond motifs is 1. The lowest BCUT2D eigenvalue weighted by Gasteiger charge is -2.13. The number of carbonyl (C=O) groups is 1. The Hall–Kier alpha value is -1.51. The number of aliphatic carboxylic acids is 1. The first kappa shape index (κ1) is 10.0. The number of carboxylic acid groups (broad SMARTS) is 1. The zero-order chi connectivity index (χ0) is 10.8. The molecule has 0 saturated heterocycles. The van der Waals surface area contributed by atoms with E-state index < -0.39 is 5.97 Å². The molecule has 0 amide bonds. The summed E-state index contributed by atoms with van der Waals surface area (Å²) >= 11 is 0. The number of hydrogen-bond acceptors (Lipinski definition) is 2. The smallest absolute Gasteiger partial charge is 0.311 e. The first-order valence-electron chi connectivity index (χ1n) is 5.25. The predicted molar refractivity (Wildman–Crippen MR) is 59.3 cm³/mol. The van der Waals surface area contributed by atoms with Crippen molar-refractivity contribution >= 4 is 11.7 Å². The van der Waals surface area contributed by atoms with E-state index in [0.29, 0.717) is 0 Å². The average Bonchev–Trinajstić information content (AvgIpc) is 2.39. The lowest BCUT2D eigenvalue weighted by atomic mass is 9.93. The zero-order valence-electron chi connectivity index (χ0n) is 8.79. The lowest BCUT2D eigenvalue weighted by Crippen LogP contribution is -2.11. The van der Waals surface area contributed by atoms with Crippen LogP contribution in [-0.4, -0.2) is 17.6 Å². The molecule has 1 aliphatic heterocycles. The standard InChI is InChI=1S/C12H15NO2/c1-8-4-5-11-10(7-8)9(12(14)15)3-2-6-13-11/h4-5,7,9,13H,2-3,6H2,1H3,(H,14,15). The fourth-order valence-electron chi connectivity index (χ4n) is 2.07. The van der Waals surface area contributed by atoms with Gasteiger partial charge in [0.1, 0.15) is 0 Å². The highest BCUT2D eigenvalue weighted by Crippen LogP contribution is 2.32. The summed E-state index contributed by atoms with van der Waals surface area (Å²) in [5, 5.41) is 12.4. The summed E-state index contributed by atoms with van der Waals surface area (Å²) in [5.74, 6) is -1.07. The fourth-order valence-corrected chi connectivity index (χ4v) is 2.07. The minimum atomic E-state index is -0.717. The molecule has 3 nitrogen and oxygen atoms in total. The molecule has 2 N–H and O–H groups in total. The number of nitrogens with one attached hydrogen (secondary N) is 1. The third-order valence-electron chi connectivity index (χ3n) is 2.87. The summed E-state index contributed by atoms with van der Waals surface area (Å²) in [6.07, 6.45) is 1.63. The van der Waals surface area contributed by atoms with E-state index in [1.54, 1.807) is 0 Å². The maximum Gasteiger partial charge on any atom is 0.311 e. The summed E-state index contributed by atoms with van der Waals surface area (Å²) in [4.78, 5) is 11.2. The van der Waals surface area contributed by atoms with Crippen LogP contribution < -0.4 is 5.32 Å². The molecule has 1 aromatic carbocycles. The molecule has 1 unspecified atom stereocenters. The van der Waals surface area contributed by atoms with Crippen LogP contribution in [0.25, 0.3) is 0 Å². The third kappa shape index (κ3) is 1.96. The van der Waals surface area contributed by atoms with Gasteiger partial charge in [-0.3, -0.25) is 4.79 Å². The van der Waals surface area contributed by atoms with Gasteiger partial charge in [-0.1, -0.05) is 17.7 Å². The van der Waals surface area contributed by atoms with Gasteiger partial charge in [0.15, 0.2) is 0 Å². The Balaban J connectivity index is 2.46. The zero-order valence-corrected chi connectivity index (χ0v) is 8.79. The van der Waals surface area contributed by atoms with Crippen molar-refractivity contribution in [2.45, 2.75) is 25.7 Å². The molecule has 1 atom stereocenters. The fraction of sp³-hybridized carbons (Fsp3) is 0.417. The first-order valence-corrected chi connectivity index (χ1v) is 5.25. The van der Waals surface area contributed by atoms with Crippen LogP contribution in [0.4, 0.5) is 5.69 Å². The van der Waals surface area contributed by atoms with Gasteiger partial charge in [0.05, 0.1) is 5.92 Å². The Morgan fingerprint density at radius 1 is 1.53 bits per heavy atom. The monoisotopic (exact) mass is 205 g/mol. The molecular weight excluding hydrogens is 190 g/mol. The largest absolute Gasteiger partial charge is 0.481 e. The highest BCUT2D eigenvalue weighted by atomic mass is 16.4. The summed E-state index contributed by atoms with van der Waals surface area (Å²) in [6, 6.07) is 5.97. The van der Waals surface area contributed by atoms with Crippen LogP contribution in [0.1, 0.15) is 29.9 Å². The van der Waals surface area contributed by atoms with E-state index >= 15 is 0 Å². The van der Waals surface area contributed by atoms with Gasteiger partial charge in [0.25, 0.3) is 0 Å². The van der Waals surface area contributed by atoms with Gasteiger partial charge in [-0.15, -0.1) is 0 Å². The molecule has 1 aromatic rings. The molecule has 3 heteroatoms. The molecule has 80 valence electrons. The van der Waals surface area contributed by atoms with Crippen molar-refractivity contribution in [3.8, 4) is 0 Å². The normalized spacial score (nSPS) is 19.9. The number of benzene rings is 1. The molecule has 0 aliphatic carbocycles. The van der Waals surface area contributed by atoms with Crippen molar-refractivity contribution in [2.75, 3.05) is 11.9 Å². The van der Waals surface area contributed by atoms with E-state index in [1.165, 1.54) is 0 Å². The predicted octanol–water partition coefficient (Wildman–Crippen LogP) is 2.37. The van der Waals surface area contributed by atoms with Gasteiger partial charge in [0.2, 0.25) is 0 Å². The van der Waals surface area contributed by atoms with Crippen molar-refractivity contribution in [3.05, 3.63) is 29.3 Å². The Bertz CT molecular complexity index is 387. The molecule has 1 heterocycles. The van der Waals surface area contributed by atoms with Crippen molar-refractivity contribution in [1.82, 2.24) is 0 Å². The van der Waals surface area contributed by atoms with E-state index in [-0.39, 0.29) is 5.92 Å². The molecule has 0 fully saturated rings. The van der Waals surface area contributed by atoms with Crippen LogP contribution in [0.5, 0.6) is 0 Å². The second-order valence-electron chi connectivity index (χ2n) is 4.05. The van der Waals surface area contributed by atoms with E-state index in [0.717, 1.165) is 36.2 Å². The summed E-state index contributed by atoms with van der Waals surface area (Å²) in [6.45, 7) is 2.85. The van der Waals surface area contributed by atoms with Gasteiger partial charge in [-0.25, -0.2) is 0 Å². The summed E-state index contributed by atoms with van der Waals surface area (Å²) in [5.41, 5.74) is 3.02. The molecule has 15 heavy (non-hydrogen) atoms. The maximum absolute atomic E-state index is 11.2. The van der Waals surface area contributed by atoms with Crippen LogP contribution in [0, 0.1) is 6.92 Å². The van der Waals surface area contributed by atoms with Crippen LogP contribution in [0.3, 0.4) is 0 Å². The minimum absolute atomic E-state index is 0.352. The molecule has 1 aliphatic rings. The lowest BCUT2D eigenvalue weighted by molar-refractivity contribution is -0.138. The SMILES string of the molecule is Cc1ccc2c(c1)C(C(=O)O)CCCN2. The molecule has 2 rings (SSSR count). The van der Waals surface area contributed by atoms with Gasteiger partial charge in [-0.2, -0.15) is 0 Å². The second kappa shape index (κ2) is 3.93. The number of carboxylic acids is 1. The third-order valence-corrected chi connectivity index (χ3v) is 2.87. The molecular formula is C12H15NO2. The van der Waals surface area contributed by atoms with Crippen molar-refractivity contribution in [2.24, 2.45) is 0 Å². The molecule has 0 bridgehead atoms. The second-order valence-corrected chi connectivity index (χ2v) is 4.05. The van der Waals surface area contributed by atoms with Crippen LogP contribution in [-0.2, 0) is 4.79 Å². The number of hydrogen-bond donors (Lipinski definition) is 2. The van der Waals surface area contributed by atoms with E-state index in [9.17, 15) is 9.90 Å². The average molecular weight is 205 g/mol. The Morgan fingerprint density at radius 2 is 2.33 bits per heavy atom. The number of rotatable bonds is 1. The van der Waals surface area contributed by atoms with Gasteiger partial charge >= 0.3 is 5.97 Å². The quantitative estimate of drug-likeness (QED) is 0.740. The number of anilines is 1. The Labute approximate surface area is 89.1 Å². The molecule has 0 saturated carbocycles. The molecule has 0 spiro atoms. The van der Waals surface area contributed by atoms with Crippen molar-refractivity contribution in [3.63, 3.8) is 0 Å². The van der Waals surface area contributed by atoms with Gasteiger partial charge in [0, 0.05) is 12.2 Å². The summed E-state index contributed by atoms with van der Waals surface area (Å²) < 4.78 is 0. The highest BCUT2D eigenvalue weighted by Gasteiger charge is 2.24. The van der Waals surface area contributed by atoms with Gasteiger partial charge in [-0.05, 0) is 31.4 Å². The Kier molecular flexibility index (Phi) is 2.62.